The summed E-state index contributed by atoms with van der Waals surface area (Å²) in [6.45, 7) is 4.36. The van der Waals surface area contributed by atoms with E-state index in [2.05, 4.69) is 41.2 Å². The fraction of sp³-hybridized carbons (Fsp3) is 0.304. The van der Waals surface area contributed by atoms with Crippen LogP contribution in [0.25, 0.3) is 10.9 Å². The summed E-state index contributed by atoms with van der Waals surface area (Å²) in [5.41, 5.74) is 2.39. The lowest BCUT2D eigenvalue weighted by Crippen LogP contribution is -2.39. The van der Waals surface area contributed by atoms with Gasteiger partial charge in [-0.1, -0.05) is 34.1 Å². The SMILES string of the molecule is Cc1cc(NC(=O)NCCN2CCC(NS(=O)(=O)c3ccc(Br)cc3)C2)c2ccccc2n1. The summed E-state index contributed by atoms with van der Waals surface area (Å²) >= 11 is 3.32. The zero-order valence-corrected chi connectivity index (χ0v) is 20.6. The highest BCUT2D eigenvalue weighted by molar-refractivity contribution is 9.10. The molecular weight excluding hydrogens is 506 g/mol. The average molecular weight is 532 g/mol. The zero-order valence-electron chi connectivity index (χ0n) is 18.2. The number of anilines is 1. The average Bonchev–Trinajstić information content (AvgIpc) is 3.20. The number of aryl methyl sites for hydroxylation is 1. The van der Waals surface area contributed by atoms with Crippen molar-refractivity contribution in [2.24, 2.45) is 0 Å². The largest absolute Gasteiger partial charge is 0.337 e. The predicted molar refractivity (Wildman–Crippen MR) is 133 cm³/mol. The first-order valence-corrected chi connectivity index (χ1v) is 13.0. The van der Waals surface area contributed by atoms with Crippen molar-refractivity contribution in [3.63, 3.8) is 0 Å². The van der Waals surface area contributed by atoms with E-state index >= 15 is 0 Å². The second-order valence-corrected chi connectivity index (χ2v) is 10.7. The van der Waals surface area contributed by atoms with Gasteiger partial charge in [0, 0.05) is 41.2 Å². The molecule has 0 bridgehead atoms. The number of fused-ring (bicyclic) bond motifs is 1. The van der Waals surface area contributed by atoms with Crippen LogP contribution in [0.5, 0.6) is 0 Å². The van der Waals surface area contributed by atoms with E-state index in [1.165, 1.54) is 0 Å². The maximum absolute atomic E-state index is 12.6. The predicted octanol–water partition coefficient (Wildman–Crippen LogP) is 3.48. The van der Waals surface area contributed by atoms with E-state index in [-0.39, 0.29) is 17.0 Å². The fourth-order valence-corrected chi connectivity index (χ4v) is 5.46. The van der Waals surface area contributed by atoms with Gasteiger partial charge in [-0.3, -0.25) is 9.88 Å². The van der Waals surface area contributed by atoms with Gasteiger partial charge in [0.1, 0.15) is 0 Å². The van der Waals surface area contributed by atoms with Crippen molar-refractivity contribution in [3.8, 4) is 0 Å². The van der Waals surface area contributed by atoms with Crippen LogP contribution in [0.3, 0.4) is 0 Å². The highest BCUT2D eigenvalue weighted by Gasteiger charge is 2.27. The number of pyridine rings is 1. The number of likely N-dealkylation sites (tertiary alicyclic amines) is 1. The molecule has 4 rings (SSSR count). The normalized spacial score (nSPS) is 16.7. The summed E-state index contributed by atoms with van der Waals surface area (Å²) in [6.07, 6.45) is 0.726. The maximum atomic E-state index is 12.6. The topological polar surface area (TPSA) is 103 Å². The van der Waals surface area contributed by atoms with E-state index in [9.17, 15) is 13.2 Å². The molecular formula is C23H26BrN5O3S. The first-order valence-electron chi connectivity index (χ1n) is 10.7. The molecule has 33 heavy (non-hydrogen) atoms. The van der Waals surface area contributed by atoms with Gasteiger partial charge in [-0.2, -0.15) is 0 Å². The Hall–Kier alpha value is -2.53. The zero-order chi connectivity index (χ0) is 23.4. The molecule has 2 amide bonds. The van der Waals surface area contributed by atoms with E-state index in [0.717, 1.165) is 39.7 Å². The summed E-state index contributed by atoms with van der Waals surface area (Å²) in [6, 6.07) is 15.7. The standard InChI is InChI=1S/C23H26BrN5O3S/c1-16-14-22(20-4-2-3-5-21(20)26-16)27-23(30)25-11-13-29-12-10-18(15-29)28-33(31,32)19-8-6-17(24)7-9-19/h2-9,14,18,28H,10-13,15H2,1H3,(H2,25,26,27,30). The van der Waals surface area contributed by atoms with Crippen molar-refractivity contribution in [3.05, 3.63) is 64.8 Å². The number of nitrogens with one attached hydrogen (secondary N) is 3. The van der Waals surface area contributed by atoms with Gasteiger partial charge in [-0.25, -0.2) is 17.9 Å². The Morgan fingerprint density at radius 1 is 1.18 bits per heavy atom. The van der Waals surface area contributed by atoms with Gasteiger partial charge >= 0.3 is 6.03 Å². The number of nitrogens with zero attached hydrogens (tertiary/aromatic N) is 2. The molecule has 1 aliphatic heterocycles. The van der Waals surface area contributed by atoms with Crippen LogP contribution in [0.1, 0.15) is 12.1 Å². The number of halogens is 1. The van der Waals surface area contributed by atoms with Crippen molar-refractivity contribution in [2.75, 3.05) is 31.5 Å². The van der Waals surface area contributed by atoms with Crippen molar-refractivity contribution in [1.29, 1.82) is 0 Å². The fourth-order valence-electron chi connectivity index (χ4n) is 3.94. The van der Waals surface area contributed by atoms with E-state index in [1.54, 1.807) is 24.3 Å². The molecule has 0 saturated carbocycles. The number of amides is 2. The first kappa shape index (κ1) is 23.6. The monoisotopic (exact) mass is 531 g/mol. The van der Waals surface area contributed by atoms with Gasteiger partial charge in [-0.15, -0.1) is 0 Å². The molecule has 1 fully saturated rings. The number of carbonyl (C=O) groups excluding carboxylic acids is 1. The van der Waals surface area contributed by atoms with Crippen LogP contribution in [0.4, 0.5) is 10.5 Å². The van der Waals surface area contributed by atoms with Crippen molar-refractivity contribution in [2.45, 2.75) is 24.3 Å². The summed E-state index contributed by atoms with van der Waals surface area (Å²) < 4.78 is 28.8. The number of hydrogen-bond donors (Lipinski definition) is 3. The summed E-state index contributed by atoms with van der Waals surface area (Å²) in [5.74, 6) is 0. The third kappa shape index (κ3) is 6.08. The second-order valence-electron chi connectivity index (χ2n) is 8.07. The Kier molecular flexibility index (Phi) is 7.28. The van der Waals surface area contributed by atoms with Crippen molar-refractivity contribution < 1.29 is 13.2 Å². The molecule has 2 heterocycles. The van der Waals surface area contributed by atoms with Crippen LogP contribution in [0.15, 0.2) is 64.0 Å². The summed E-state index contributed by atoms with van der Waals surface area (Å²) in [4.78, 5) is 19.3. The molecule has 174 valence electrons. The van der Waals surface area contributed by atoms with Crippen LogP contribution in [-0.4, -0.2) is 56.6 Å². The molecule has 8 nitrogen and oxygen atoms in total. The molecule has 3 N–H and O–H groups in total. The molecule has 0 radical (unpaired) electrons. The number of hydrogen-bond acceptors (Lipinski definition) is 5. The Bertz CT molecular complexity index is 1250. The highest BCUT2D eigenvalue weighted by atomic mass is 79.9. The third-order valence-corrected chi connectivity index (χ3v) is 7.59. The van der Waals surface area contributed by atoms with E-state index in [1.807, 2.05) is 37.3 Å². The van der Waals surface area contributed by atoms with Gasteiger partial charge in [0.05, 0.1) is 16.1 Å². The Labute approximate surface area is 202 Å². The lowest BCUT2D eigenvalue weighted by atomic mass is 10.1. The minimum atomic E-state index is -3.56. The van der Waals surface area contributed by atoms with Crippen LogP contribution in [0.2, 0.25) is 0 Å². The van der Waals surface area contributed by atoms with Crippen LogP contribution < -0.4 is 15.4 Å². The number of benzene rings is 2. The van der Waals surface area contributed by atoms with Gasteiger partial charge < -0.3 is 10.6 Å². The van der Waals surface area contributed by atoms with Crippen molar-refractivity contribution >= 4 is 48.6 Å². The van der Waals surface area contributed by atoms with Crippen LogP contribution >= 0.6 is 15.9 Å². The first-order chi connectivity index (χ1) is 15.8. The quantitative estimate of drug-likeness (QED) is 0.433. The number of urea groups is 1. The van der Waals surface area contributed by atoms with E-state index in [4.69, 9.17) is 0 Å². The number of rotatable bonds is 7. The minimum Gasteiger partial charge on any atom is -0.337 e. The van der Waals surface area contributed by atoms with E-state index < -0.39 is 10.0 Å². The lowest BCUT2D eigenvalue weighted by Gasteiger charge is -2.17. The molecule has 1 aliphatic rings. The van der Waals surface area contributed by atoms with E-state index in [0.29, 0.717) is 19.6 Å². The second kappa shape index (κ2) is 10.2. The minimum absolute atomic E-state index is 0.154. The Balaban J connectivity index is 1.25. The smallest absolute Gasteiger partial charge is 0.319 e. The number of aromatic nitrogens is 1. The maximum Gasteiger partial charge on any atom is 0.319 e. The molecule has 1 saturated heterocycles. The van der Waals surface area contributed by atoms with Gasteiger partial charge in [0.15, 0.2) is 0 Å². The van der Waals surface area contributed by atoms with Gasteiger partial charge in [-0.05, 0) is 56.3 Å². The van der Waals surface area contributed by atoms with Crippen LogP contribution in [-0.2, 0) is 10.0 Å². The molecule has 0 aliphatic carbocycles. The highest BCUT2D eigenvalue weighted by Crippen LogP contribution is 2.22. The molecule has 10 heteroatoms. The molecule has 3 aromatic rings. The molecule has 0 spiro atoms. The van der Waals surface area contributed by atoms with Crippen LogP contribution in [0, 0.1) is 6.92 Å². The molecule has 1 unspecified atom stereocenters. The number of para-hydroxylation sites is 1. The Morgan fingerprint density at radius 3 is 2.73 bits per heavy atom. The number of sulfonamides is 1. The molecule has 1 aromatic heterocycles. The summed E-state index contributed by atoms with van der Waals surface area (Å²) in [5, 5.41) is 6.68. The van der Waals surface area contributed by atoms with Gasteiger partial charge in [0.25, 0.3) is 0 Å². The third-order valence-electron chi connectivity index (χ3n) is 5.52. The van der Waals surface area contributed by atoms with Gasteiger partial charge in [0.2, 0.25) is 10.0 Å². The lowest BCUT2D eigenvalue weighted by molar-refractivity contribution is 0.249. The van der Waals surface area contributed by atoms with Crippen molar-refractivity contribution in [1.82, 2.24) is 19.9 Å². The molecule has 2 aromatic carbocycles. The molecule has 1 atom stereocenters. The Morgan fingerprint density at radius 2 is 1.94 bits per heavy atom. The summed E-state index contributed by atoms with van der Waals surface area (Å²) in [7, 11) is -3.56. The number of carbonyl (C=O) groups is 1.